The van der Waals surface area contributed by atoms with Gasteiger partial charge in [0.05, 0.1) is 0 Å². The van der Waals surface area contributed by atoms with Crippen LogP contribution in [0.3, 0.4) is 0 Å². The molecule has 61 heavy (non-hydrogen) atoms. The normalized spacial score (nSPS) is 11.9. The summed E-state index contributed by atoms with van der Waals surface area (Å²) < 4.78 is 64.0. The first kappa shape index (κ1) is 68.3. The van der Waals surface area contributed by atoms with Gasteiger partial charge in [0.25, 0.3) is 0 Å². The molecule has 3 aromatic rings. The van der Waals surface area contributed by atoms with E-state index in [-0.39, 0.29) is 108 Å². The quantitative estimate of drug-likeness (QED) is 0.0852. The summed E-state index contributed by atoms with van der Waals surface area (Å²) in [5, 5.41) is 0. The number of hydrogen-bond acceptors (Lipinski definition) is 18. The third-order valence-corrected chi connectivity index (χ3v) is 13.0. The van der Waals surface area contributed by atoms with Crippen molar-refractivity contribution in [1.82, 2.24) is 0 Å². The Morgan fingerprint density at radius 3 is 0.639 bits per heavy atom. The first-order chi connectivity index (χ1) is 25.8. The molecule has 0 aliphatic rings. The molecule has 324 valence electrons. The standard InChI is InChI=1S/3C11H18O6P2.4Al/c3*1-9-3-2-4-10(5-7-18(12,13)14)11(9)6-8-19(15,16)17;;;;/h3*2-4H,5-8H2,1H3,(H2,12,13,14)(H2,15,16,17);;;;/q;;;4*+3/p-12. The number of aryl methyl sites for hydroxylation is 6. The van der Waals surface area contributed by atoms with Crippen LogP contribution >= 0.6 is 45.6 Å². The minimum atomic E-state index is -4.60. The maximum Gasteiger partial charge on any atom is 3.00 e. The van der Waals surface area contributed by atoms with Gasteiger partial charge in [0.1, 0.15) is 0 Å². The Morgan fingerprint density at radius 2 is 0.475 bits per heavy atom. The summed E-state index contributed by atoms with van der Waals surface area (Å²) >= 11 is 0. The van der Waals surface area contributed by atoms with E-state index in [1.165, 1.54) is 0 Å². The number of rotatable bonds is 18. The molecule has 28 heteroatoms. The van der Waals surface area contributed by atoms with Crippen LogP contribution in [-0.4, -0.2) is 106 Å². The summed E-state index contributed by atoms with van der Waals surface area (Å²) in [5.74, 6) is 0. The van der Waals surface area contributed by atoms with Crippen molar-refractivity contribution in [3.05, 3.63) is 105 Å². The Bertz CT molecular complexity index is 1840. The SMILES string of the molecule is Cc1cccc(CCP(=O)([O-])[O-])c1CCP(=O)([O-])[O-].Cc1cccc(CCP(=O)([O-])[O-])c1CCP(=O)([O-])[O-].Cc1cccc(CCP(=O)([O-])[O-])c1CCP(=O)([O-])[O-].[Al+3].[Al+3].[Al+3].[Al+3]. The third-order valence-electron chi connectivity index (χ3n) is 8.39. The van der Waals surface area contributed by atoms with Gasteiger partial charge in [-0.2, -0.15) is 0 Å². The Hall–Kier alpha value is 0.690. The molecule has 0 aromatic heterocycles. The predicted octanol–water partition coefficient (Wildman–Crippen LogP) is -4.80. The second-order valence-electron chi connectivity index (χ2n) is 13.1. The van der Waals surface area contributed by atoms with E-state index < -0.39 is 82.5 Å². The Kier molecular flexibility index (Phi) is 33.7. The fourth-order valence-electron chi connectivity index (χ4n) is 5.58. The predicted molar refractivity (Wildman–Crippen MR) is 214 cm³/mol. The summed E-state index contributed by atoms with van der Waals surface area (Å²) in [7, 11) is -27.6. The van der Waals surface area contributed by atoms with Crippen LogP contribution in [0, 0.1) is 20.8 Å². The average Bonchev–Trinajstić information content (AvgIpc) is 3.02. The topological polar surface area (TPSA) is 379 Å². The second kappa shape index (κ2) is 30.1. The first-order valence-electron chi connectivity index (χ1n) is 17.0. The van der Waals surface area contributed by atoms with Gasteiger partial charge in [0.2, 0.25) is 0 Å². The molecule has 0 saturated heterocycles. The van der Waals surface area contributed by atoms with E-state index in [1.54, 1.807) is 75.4 Å². The molecule has 0 N–H and O–H groups in total. The monoisotopic (exact) mass is 1020 g/mol. The number of hydrogen-bond donors (Lipinski definition) is 0. The molecule has 0 saturated carbocycles. The molecule has 3 aromatic carbocycles. The molecule has 0 spiro atoms. The van der Waals surface area contributed by atoms with Crippen molar-refractivity contribution in [1.29, 1.82) is 0 Å². The van der Waals surface area contributed by atoms with Gasteiger partial charge in [0.15, 0.2) is 0 Å². The smallest absolute Gasteiger partial charge is 0.811 e. The molecular formula is C33H42Al4O18P6. The molecule has 0 aliphatic carbocycles. The van der Waals surface area contributed by atoms with Crippen LogP contribution in [0.15, 0.2) is 54.6 Å². The zero-order chi connectivity index (χ0) is 44.0. The van der Waals surface area contributed by atoms with E-state index in [4.69, 9.17) is 0 Å². The van der Waals surface area contributed by atoms with Crippen LogP contribution in [0.2, 0.25) is 0 Å². The van der Waals surface area contributed by atoms with Gasteiger partial charge in [-0.1, -0.05) is 100 Å². The second-order valence-corrected chi connectivity index (χ2v) is 23.2. The van der Waals surface area contributed by atoms with Crippen molar-refractivity contribution in [3.63, 3.8) is 0 Å². The van der Waals surface area contributed by atoms with Crippen LogP contribution in [0.5, 0.6) is 0 Å². The van der Waals surface area contributed by atoms with Crippen LogP contribution in [0.25, 0.3) is 0 Å². The van der Waals surface area contributed by atoms with E-state index in [9.17, 15) is 86.1 Å². The van der Waals surface area contributed by atoms with E-state index in [1.807, 2.05) is 0 Å². The van der Waals surface area contributed by atoms with E-state index in [2.05, 4.69) is 0 Å². The summed E-state index contributed by atoms with van der Waals surface area (Å²) in [6, 6.07) is 15.2. The van der Waals surface area contributed by atoms with Gasteiger partial charge in [-0.15, -0.1) is 0 Å². The average molecular weight is 1020 g/mol. The molecule has 0 bridgehead atoms. The number of benzene rings is 3. The fourth-order valence-corrected chi connectivity index (χ4v) is 8.62. The molecule has 0 fully saturated rings. The van der Waals surface area contributed by atoms with Crippen molar-refractivity contribution in [3.8, 4) is 0 Å². The Morgan fingerprint density at radius 1 is 0.311 bits per heavy atom. The van der Waals surface area contributed by atoms with Gasteiger partial charge in [-0.05, 0) is 146 Å². The third kappa shape index (κ3) is 33.8. The van der Waals surface area contributed by atoms with Crippen molar-refractivity contribution in [2.24, 2.45) is 0 Å². The first-order valence-corrected chi connectivity index (χ1v) is 27.4. The molecular weight excluding hydrogens is 978 g/mol. The van der Waals surface area contributed by atoms with Gasteiger partial charge >= 0.3 is 69.4 Å². The van der Waals surface area contributed by atoms with E-state index in [0.717, 1.165) is 16.7 Å². The maximum atomic E-state index is 10.7. The van der Waals surface area contributed by atoms with Crippen molar-refractivity contribution in [2.75, 3.05) is 37.0 Å². The van der Waals surface area contributed by atoms with Gasteiger partial charge in [0, 0.05) is 0 Å². The van der Waals surface area contributed by atoms with Gasteiger partial charge in [-0.3, -0.25) is 0 Å². The fraction of sp³-hybridized carbons (Fsp3) is 0.455. The van der Waals surface area contributed by atoms with Crippen molar-refractivity contribution in [2.45, 2.75) is 59.3 Å². The van der Waals surface area contributed by atoms with Crippen molar-refractivity contribution < 1.29 is 86.1 Å². The zero-order valence-corrected chi connectivity index (χ0v) is 43.5. The minimum absolute atomic E-state index is 0. The van der Waals surface area contributed by atoms with Gasteiger partial charge < -0.3 is 86.1 Å². The van der Waals surface area contributed by atoms with E-state index >= 15 is 0 Å². The zero-order valence-electron chi connectivity index (χ0n) is 33.5. The Labute approximate surface area is 399 Å². The molecule has 0 heterocycles. The summed E-state index contributed by atoms with van der Waals surface area (Å²) in [5.41, 5.74) is 6.00. The largest absolute Gasteiger partial charge is 3.00 e. The summed E-state index contributed by atoms with van der Waals surface area (Å²) in [6.07, 6.45) is -2.90. The van der Waals surface area contributed by atoms with Crippen molar-refractivity contribution >= 4 is 115 Å². The van der Waals surface area contributed by atoms with Crippen LogP contribution < -0.4 is 58.7 Å². The van der Waals surface area contributed by atoms with Crippen LogP contribution in [-0.2, 0) is 65.9 Å². The maximum absolute atomic E-state index is 10.7. The molecule has 0 aliphatic heterocycles. The molecule has 0 unspecified atom stereocenters. The molecule has 18 nitrogen and oxygen atoms in total. The molecule has 0 radical (unpaired) electrons. The van der Waals surface area contributed by atoms with Gasteiger partial charge in [-0.25, -0.2) is 0 Å². The summed E-state index contributed by atoms with van der Waals surface area (Å²) in [4.78, 5) is 128. The molecule has 3 rings (SSSR count). The van der Waals surface area contributed by atoms with Crippen LogP contribution in [0.4, 0.5) is 0 Å². The van der Waals surface area contributed by atoms with Crippen LogP contribution in [0.1, 0.15) is 50.1 Å². The minimum Gasteiger partial charge on any atom is -0.811 e. The summed E-state index contributed by atoms with van der Waals surface area (Å²) in [6.45, 7) is 5.23. The Balaban J connectivity index is -0.000000387. The molecule has 0 amide bonds. The van der Waals surface area contributed by atoms with E-state index in [0.29, 0.717) is 33.4 Å². The molecule has 0 atom stereocenters.